The number of aromatic hydroxyl groups is 1. The van der Waals surface area contributed by atoms with Crippen molar-refractivity contribution in [1.29, 1.82) is 0 Å². The van der Waals surface area contributed by atoms with Crippen molar-refractivity contribution in [2.45, 2.75) is 69.5 Å². The lowest BCUT2D eigenvalue weighted by Gasteiger charge is -2.38. The highest BCUT2D eigenvalue weighted by molar-refractivity contribution is 6.42. The Balaban J connectivity index is 1.77. The fourth-order valence-corrected chi connectivity index (χ4v) is 5.87. The third kappa shape index (κ3) is 3.21. The number of carbonyl (C=O) groups excluding carboxylic acids is 1. The first-order valence-corrected chi connectivity index (χ1v) is 10.4. The van der Waals surface area contributed by atoms with Gasteiger partial charge in [-0.15, -0.1) is 0 Å². The zero-order valence-electron chi connectivity index (χ0n) is 15.0. The molecule has 3 saturated carbocycles. The topological polar surface area (TPSA) is 49.3 Å². The van der Waals surface area contributed by atoms with Crippen molar-refractivity contribution in [3.8, 4) is 5.75 Å². The molecule has 0 aliphatic heterocycles. The smallest absolute Gasteiger partial charge is 0.223 e. The van der Waals surface area contributed by atoms with Crippen molar-refractivity contribution in [3.63, 3.8) is 0 Å². The Kier molecular flexibility index (Phi) is 4.83. The van der Waals surface area contributed by atoms with Gasteiger partial charge in [0.05, 0.1) is 16.1 Å². The van der Waals surface area contributed by atoms with Crippen LogP contribution in [0.3, 0.4) is 0 Å². The molecule has 1 aromatic carbocycles. The SMILES string of the molecule is O=C(N[C@H](c1c(F)c(O)cc(Cl)c1Cl)C12CCC(F)(CC1)C2)C1CCCC1. The van der Waals surface area contributed by atoms with Crippen LogP contribution in [-0.2, 0) is 4.79 Å². The highest BCUT2D eigenvalue weighted by atomic mass is 35.5. The van der Waals surface area contributed by atoms with Gasteiger partial charge >= 0.3 is 0 Å². The van der Waals surface area contributed by atoms with Gasteiger partial charge in [-0.25, -0.2) is 8.78 Å². The van der Waals surface area contributed by atoms with Crippen LogP contribution in [0.2, 0.25) is 10.0 Å². The molecule has 1 amide bonds. The van der Waals surface area contributed by atoms with Gasteiger partial charge in [0.1, 0.15) is 5.67 Å². The second-order valence-electron chi connectivity index (χ2n) is 8.53. The Bertz CT molecular complexity index is 745. The van der Waals surface area contributed by atoms with Crippen LogP contribution in [-0.4, -0.2) is 16.7 Å². The summed E-state index contributed by atoms with van der Waals surface area (Å²) in [4.78, 5) is 12.9. The van der Waals surface area contributed by atoms with E-state index in [-0.39, 0.29) is 33.9 Å². The number of halogens is 4. The molecule has 0 spiro atoms. The summed E-state index contributed by atoms with van der Waals surface area (Å²) in [5, 5.41) is 12.9. The summed E-state index contributed by atoms with van der Waals surface area (Å²) in [6.07, 6.45) is 5.74. The number of phenolic OH excluding ortho intramolecular Hbond substituents is 1. The zero-order valence-corrected chi connectivity index (χ0v) is 16.5. The van der Waals surface area contributed by atoms with Crippen molar-refractivity contribution in [1.82, 2.24) is 5.32 Å². The summed E-state index contributed by atoms with van der Waals surface area (Å²) in [7, 11) is 0. The van der Waals surface area contributed by atoms with E-state index >= 15 is 0 Å². The van der Waals surface area contributed by atoms with Crippen LogP contribution in [0.5, 0.6) is 5.75 Å². The molecule has 1 atom stereocenters. The minimum Gasteiger partial charge on any atom is -0.505 e. The molecule has 3 nitrogen and oxygen atoms in total. The average molecular weight is 418 g/mol. The van der Waals surface area contributed by atoms with E-state index in [1.165, 1.54) is 0 Å². The number of fused-ring (bicyclic) bond motifs is 2. The third-order valence-electron chi connectivity index (χ3n) is 6.90. The van der Waals surface area contributed by atoms with E-state index in [9.17, 15) is 18.7 Å². The number of benzene rings is 1. The van der Waals surface area contributed by atoms with Crippen LogP contribution in [0.1, 0.15) is 69.4 Å². The number of carbonyl (C=O) groups is 1. The van der Waals surface area contributed by atoms with Crippen molar-refractivity contribution in [2.75, 3.05) is 0 Å². The van der Waals surface area contributed by atoms with Gasteiger partial charge in [0.15, 0.2) is 11.6 Å². The molecule has 3 aliphatic carbocycles. The number of rotatable bonds is 4. The molecule has 4 rings (SSSR count). The minimum atomic E-state index is -1.26. The van der Waals surface area contributed by atoms with Gasteiger partial charge in [-0.1, -0.05) is 36.0 Å². The lowest BCUT2D eigenvalue weighted by Crippen LogP contribution is -2.42. The number of nitrogens with one attached hydrogen (secondary N) is 1. The maximum atomic E-state index is 15.0. The van der Waals surface area contributed by atoms with Gasteiger partial charge in [-0.2, -0.15) is 0 Å². The molecular weight excluding hydrogens is 395 g/mol. The summed E-state index contributed by atoms with van der Waals surface area (Å²) in [5.41, 5.74) is -1.89. The highest BCUT2D eigenvalue weighted by Gasteiger charge is 2.59. The van der Waals surface area contributed by atoms with Gasteiger partial charge in [0.2, 0.25) is 5.91 Å². The largest absolute Gasteiger partial charge is 0.505 e. The first-order chi connectivity index (χ1) is 12.7. The Hall–Kier alpha value is -1.07. The molecule has 0 unspecified atom stereocenters. The first-order valence-electron chi connectivity index (χ1n) is 9.60. The quantitative estimate of drug-likeness (QED) is 0.602. The van der Waals surface area contributed by atoms with Crippen molar-refractivity contribution >= 4 is 29.1 Å². The predicted octanol–water partition coefficient (Wildman–Crippen LogP) is 5.86. The molecule has 1 aromatic rings. The second kappa shape index (κ2) is 6.77. The molecule has 27 heavy (non-hydrogen) atoms. The number of amides is 1. The summed E-state index contributed by atoms with van der Waals surface area (Å²) >= 11 is 12.4. The summed E-state index contributed by atoms with van der Waals surface area (Å²) in [5.74, 6) is -1.77. The van der Waals surface area contributed by atoms with Gasteiger partial charge in [0, 0.05) is 17.5 Å². The van der Waals surface area contributed by atoms with Crippen LogP contribution in [0.25, 0.3) is 0 Å². The van der Waals surface area contributed by atoms with Gasteiger partial charge in [-0.3, -0.25) is 4.79 Å². The fraction of sp³-hybridized carbons (Fsp3) is 0.650. The van der Waals surface area contributed by atoms with E-state index in [4.69, 9.17) is 23.2 Å². The molecule has 2 bridgehead atoms. The van der Waals surface area contributed by atoms with Crippen molar-refractivity contribution < 1.29 is 18.7 Å². The predicted molar refractivity (Wildman–Crippen MR) is 100 cm³/mol. The monoisotopic (exact) mass is 417 g/mol. The summed E-state index contributed by atoms with van der Waals surface area (Å²) < 4.78 is 29.8. The maximum absolute atomic E-state index is 15.0. The molecular formula is C20H23Cl2F2NO2. The molecule has 7 heteroatoms. The van der Waals surface area contributed by atoms with Crippen LogP contribution in [0.15, 0.2) is 6.07 Å². The molecule has 0 saturated heterocycles. The van der Waals surface area contributed by atoms with E-state index < -0.39 is 28.7 Å². The number of hydrogen-bond donors (Lipinski definition) is 2. The summed E-state index contributed by atoms with van der Waals surface area (Å²) in [6.45, 7) is 0. The zero-order chi connectivity index (χ0) is 19.4. The third-order valence-corrected chi connectivity index (χ3v) is 7.70. The molecule has 3 fully saturated rings. The van der Waals surface area contributed by atoms with E-state index in [1.807, 2.05) is 0 Å². The van der Waals surface area contributed by atoms with Crippen molar-refractivity contribution in [3.05, 3.63) is 27.5 Å². The van der Waals surface area contributed by atoms with Gasteiger partial charge in [0.25, 0.3) is 0 Å². The Morgan fingerprint density at radius 2 is 1.85 bits per heavy atom. The Morgan fingerprint density at radius 1 is 1.22 bits per heavy atom. The average Bonchev–Trinajstić information content (AvgIpc) is 3.34. The lowest BCUT2D eigenvalue weighted by atomic mass is 9.74. The van der Waals surface area contributed by atoms with E-state index in [1.54, 1.807) is 0 Å². The highest BCUT2D eigenvalue weighted by Crippen LogP contribution is 2.64. The Morgan fingerprint density at radius 3 is 2.41 bits per heavy atom. The fourth-order valence-electron chi connectivity index (χ4n) is 5.41. The molecule has 3 aliphatic rings. The number of hydrogen-bond acceptors (Lipinski definition) is 2. The number of phenols is 1. The lowest BCUT2D eigenvalue weighted by molar-refractivity contribution is -0.126. The van der Waals surface area contributed by atoms with Gasteiger partial charge in [-0.05, 0) is 50.4 Å². The maximum Gasteiger partial charge on any atom is 0.223 e. The second-order valence-corrected chi connectivity index (χ2v) is 9.32. The van der Waals surface area contributed by atoms with Crippen molar-refractivity contribution in [2.24, 2.45) is 11.3 Å². The summed E-state index contributed by atoms with van der Waals surface area (Å²) in [6, 6.07) is 0.252. The Labute approximate surface area is 167 Å². The normalized spacial score (nSPS) is 31.4. The van der Waals surface area contributed by atoms with E-state index in [2.05, 4.69) is 5.32 Å². The van der Waals surface area contributed by atoms with E-state index in [0.29, 0.717) is 25.7 Å². The van der Waals surface area contributed by atoms with Crippen LogP contribution >= 0.6 is 23.2 Å². The van der Waals surface area contributed by atoms with E-state index in [0.717, 1.165) is 31.7 Å². The van der Waals surface area contributed by atoms with Gasteiger partial charge < -0.3 is 10.4 Å². The molecule has 0 radical (unpaired) electrons. The first kappa shape index (κ1) is 19.3. The van der Waals surface area contributed by atoms with Crippen LogP contribution < -0.4 is 5.32 Å². The molecule has 0 aromatic heterocycles. The van der Waals surface area contributed by atoms with Crippen LogP contribution in [0.4, 0.5) is 8.78 Å². The van der Waals surface area contributed by atoms with Crippen LogP contribution in [0, 0.1) is 17.2 Å². The number of alkyl halides is 1. The standard InChI is InChI=1S/C20H23Cl2F2NO2/c21-12-9-13(26)16(23)14(15(12)22)17(25-18(27)11-3-1-2-4-11)19-5-7-20(24,10-19)8-6-19/h9,11,17,26H,1-8,10H2,(H,25,27)/t17-,19?,20?/m1/s1. The molecule has 0 heterocycles. The minimum absolute atomic E-state index is 0.0147. The molecule has 148 valence electrons. The molecule has 2 N–H and O–H groups in total.